The highest BCUT2D eigenvalue weighted by molar-refractivity contribution is 7.21. The number of anilines is 2. The number of fused-ring (bicyclic) bond motifs is 1. The van der Waals surface area contributed by atoms with Gasteiger partial charge in [-0.05, 0) is 17.7 Å². The minimum absolute atomic E-state index is 0.383. The zero-order chi connectivity index (χ0) is 15.9. The number of nitrogens with zero attached hydrogens (tertiary/aromatic N) is 2. The van der Waals surface area contributed by atoms with Gasteiger partial charge in [0, 0.05) is 43.1 Å². The van der Waals surface area contributed by atoms with Gasteiger partial charge in [-0.25, -0.2) is 0 Å². The third kappa shape index (κ3) is 2.27. The molecule has 112 valence electrons. The van der Waals surface area contributed by atoms with Gasteiger partial charge in [0.2, 0.25) is 0 Å². The van der Waals surface area contributed by atoms with E-state index in [0.717, 1.165) is 26.9 Å². The van der Waals surface area contributed by atoms with E-state index in [0.29, 0.717) is 10.6 Å². The Morgan fingerprint density at radius 3 is 2.45 bits per heavy atom. The van der Waals surface area contributed by atoms with Crippen molar-refractivity contribution in [3.63, 3.8) is 0 Å². The van der Waals surface area contributed by atoms with Crippen molar-refractivity contribution in [3.05, 3.63) is 41.5 Å². The van der Waals surface area contributed by atoms with Gasteiger partial charge in [0.25, 0.3) is 5.91 Å². The Morgan fingerprint density at radius 2 is 1.86 bits per heavy atom. The molecule has 0 fully saturated rings. The molecule has 0 aliphatic rings. The number of benzene rings is 1. The molecule has 0 aliphatic carbocycles. The van der Waals surface area contributed by atoms with Crippen LogP contribution in [0.3, 0.4) is 0 Å². The van der Waals surface area contributed by atoms with Crippen molar-refractivity contribution in [2.75, 3.05) is 24.7 Å². The minimum Gasteiger partial charge on any atom is -0.397 e. The fourth-order valence-corrected chi connectivity index (χ4v) is 3.38. The molecule has 5 nitrogen and oxygen atoms in total. The maximum atomic E-state index is 11.5. The van der Waals surface area contributed by atoms with E-state index in [1.807, 2.05) is 43.3 Å². The number of carbonyl (C=O) groups excluding carboxylic acids is 1. The molecule has 0 spiro atoms. The fraction of sp³-hybridized carbons (Fsp3) is 0.125. The van der Waals surface area contributed by atoms with Gasteiger partial charge in [0.1, 0.15) is 4.88 Å². The molecule has 3 aromatic rings. The first-order valence-electron chi connectivity index (χ1n) is 6.72. The van der Waals surface area contributed by atoms with Gasteiger partial charge in [0.05, 0.1) is 10.4 Å². The SMILES string of the molecule is CN(C)c1ccc(-c2cncc3sc(C(N)=O)c(N)c23)cc1. The zero-order valence-electron chi connectivity index (χ0n) is 12.3. The van der Waals surface area contributed by atoms with E-state index < -0.39 is 5.91 Å². The van der Waals surface area contributed by atoms with Crippen LogP contribution in [-0.4, -0.2) is 25.0 Å². The first-order valence-corrected chi connectivity index (χ1v) is 7.54. The second-order valence-electron chi connectivity index (χ2n) is 5.21. The lowest BCUT2D eigenvalue weighted by Crippen LogP contribution is -2.10. The van der Waals surface area contributed by atoms with Crippen LogP contribution in [0.1, 0.15) is 9.67 Å². The van der Waals surface area contributed by atoms with Gasteiger partial charge < -0.3 is 16.4 Å². The third-order valence-corrected chi connectivity index (χ3v) is 4.71. The number of nitrogen functional groups attached to an aromatic ring is 1. The molecule has 0 unspecified atom stereocenters. The van der Waals surface area contributed by atoms with Gasteiger partial charge in [-0.1, -0.05) is 12.1 Å². The summed E-state index contributed by atoms with van der Waals surface area (Å²) < 4.78 is 0.862. The quantitative estimate of drug-likeness (QED) is 0.778. The van der Waals surface area contributed by atoms with Crippen molar-refractivity contribution < 1.29 is 4.79 Å². The van der Waals surface area contributed by atoms with E-state index in [1.165, 1.54) is 11.3 Å². The van der Waals surface area contributed by atoms with Crippen molar-refractivity contribution in [1.82, 2.24) is 4.98 Å². The lowest BCUT2D eigenvalue weighted by molar-refractivity contribution is 0.100. The number of primary amides is 1. The molecule has 0 bridgehead atoms. The number of amides is 1. The summed E-state index contributed by atoms with van der Waals surface area (Å²) in [4.78, 5) is 18.2. The van der Waals surface area contributed by atoms with Crippen LogP contribution in [0, 0.1) is 0 Å². The molecule has 2 heterocycles. The highest BCUT2D eigenvalue weighted by Crippen LogP contribution is 2.39. The summed E-state index contributed by atoms with van der Waals surface area (Å²) in [5, 5.41) is 0.839. The summed E-state index contributed by atoms with van der Waals surface area (Å²) in [6, 6.07) is 8.11. The predicted octanol–water partition coefficient (Wildman–Crippen LogP) is 2.71. The van der Waals surface area contributed by atoms with Crippen LogP contribution < -0.4 is 16.4 Å². The minimum atomic E-state index is -0.507. The van der Waals surface area contributed by atoms with Gasteiger partial charge in [-0.3, -0.25) is 9.78 Å². The maximum Gasteiger partial charge on any atom is 0.260 e. The first-order chi connectivity index (χ1) is 10.5. The molecule has 2 aromatic heterocycles. The molecule has 1 aromatic carbocycles. The second kappa shape index (κ2) is 5.31. The molecule has 0 atom stereocenters. The Morgan fingerprint density at radius 1 is 1.18 bits per heavy atom. The normalized spacial score (nSPS) is 10.8. The van der Waals surface area contributed by atoms with Gasteiger partial charge in [0.15, 0.2) is 0 Å². The molecule has 0 saturated carbocycles. The Bertz CT molecular complexity index is 852. The molecule has 4 N–H and O–H groups in total. The van der Waals surface area contributed by atoms with Crippen LogP contribution in [0.4, 0.5) is 11.4 Å². The molecule has 3 rings (SSSR count). The highest BCUT2D eigenvalue weighted by Gasteiger charge is 2.17. The molecule has 6 heteroatoms. The molecule has 22 heavy (non-hydrogen) atoms. The van der Waals surface area contributed by atoms with Gasteiger partial charge in [-0.2, -0.15) is 0 Å². The number of carbonyl (C=O) groups is 1. The van der Waals surface area contributed by atoms with Crippen LogP contribution in [0.25, 0.3) is 21.2 Å². The lowest BCUT2D eigenvalue weighted by Gasteiger charge is -2.13. The lowest BCUT2D eigenvalue weighted by atomic mass is 10.0. The predicted molar refractivity (Wildman–Crippen MR) is 92.3 cm³/mol. The number of aromatic nitrogens is 1. The molecular weight excluding hydrogens is 296 g/mol. The van der Waals surface area contributed by atoms with E-state index >= 15 is 0 Å². The summed E-state index contributed by atoms with van der Waals surface area (Å²) in [7, 11) is 3.99. The number of hydrogen-bond donors (Lipinski definition) is 2. The average Bonchev–Trinajstić information content (AvgIpc) is 2.85. The van der Waals surface area contributed by atoms with Crippen molar-refractivity contribution >= 4 is 38.7 Å². The van der Waals surface area contributed by atoms with Crippen LogP contribution in [0.5, 0.6) is 0 Å². The zero-order valence-corrected chi connectivity index (χ0v) is 13.1. The molecule has 1 amide bonds. The van der Waals surface area contributed by atoms with Crippen LogP contribution in [0.2, 0.25) is 0 Å². The molecule has 0 radical (unpaired) electrons. The van der Waals surface area contributed by atoms with Crippen molar-refractivity contribution in [2.24, 2.45) is 5.73 Å². The number of thiophene rings is 1. The van der Waals surface area contributed by atoms with Crippen molar-refractivity contribution in [1.29, 1.82) is 0 Å². The molecular formula is C16H16N4OS. The van der Waals surface area contributed by atoms with Crippen LogP contribution in [0.15, 0.2) is 36.7 Å². The first kappa shape index (κ1) is 14.3. The van der Waals surface area contributed by atoms with Crippen molar-refractivity contribution in [3.8, 4) is 11.1 Å². The Hall–Kier alpha value is -2.60. The van der Waals surface area contributed by atoms with Gasteiger partial charge in [-0.15, -0.1) is 11.3 Å². The standard InChI is InChI=1S/C16H16N4OS/c1-20(2)10-5-3-9(4-6-10)11-7-19-8-12-13(11)14(17)15(22-12)16(18)21/h3-8H,17H2,1-2H3,(H2,18,21). The monoisotopic (exact) mass is 312 g/mol. The summed E-state index contributed by atoms with van der Waals surface area (Å²) >= 11 is 1.28. The Kier molecular flexibility index (Phi) is 3.46. The van der Waals surface area contributed by atoms with E-state index in [9.17, 15) is 4.79 Å². The summed E-state index contributed by atoms with van der Waals surface area (Å²) in [6.45, 7) is 0. The van der Waals surface area contributed by atoms with E-state index in [-0.39, 0.29) is 0 Å². The van der Waals surface area contributed by atoms with E-state index in [2.05, 4.69) is 4.98 Å². The Balaban J connectivity index is 2.20. The third-order valence-electron chi connectivity index (χ3n) is 3.56. The summed E-state index contributed by atoms with van der Waals surface area (Å²) in [6.07, 6.45) is 3.47. The molecule has 0 aliphatic heterocycles. The topological polar surface area (TPSA) is 85.2 Å². The smallest absolute Gasteiger partial charge is 0.260 e. The average molecular weight is 312 g/mol. The van der Waals surface area contributed by atoms with Crippen molar-refractivity contribution in [2.45, 2.75) is 0 Å². The largest absolute Gasteiger partial charge is 0.397 e. The number of hydrogen-bond acceptors (Lipinski definition) is 5. The van der Waals surface area contributed by atoms with Crippen LogP contribution in [-0.2, 0) is 0 Å². The van der Waals surface area contributed by atoms with Gasteiger partial charge >= 0.3 is 0 Å². The number of nitrogens with two attached hydrogens (primary N) is 2. The number of pyridine rings is 1. The summed E-state index contributed by atoms with van der Waals surface area (Å²) in [5.74, 6) is -0.507. The highest BCUT2D eigenvalue weighted by atomic mass is 32.1. The summed E-state index contributed by atoms with van der Waals surface area (Å²) in [5.41, 5.74) is 15.0. The molecule has 0 saturated heterocycles. The maximum absolute atomic E-state index is 11.5. The van der Waals surface area contributed by atoms with E-state index in [4.69, 9.17) is 11.5 Å². The Labute approximate surface area is 132 Å². The van der Waals surface area contributed by atoms with E-state index in [1.54, 1.807) is 12.4 Å². The van der Waals surface area contributed by atoms with Crippen LogP contribution >= 0.6 is 11.3 Å². The second-order valence-corrected chi connectivity index (χ2v) is 6.26. The fourth-order valence-electron chi connectivity index (χ4n) is 2.42. The number of rotatable bonds is 3.